The maximum absolute atomic E-state index is 13.4. The van der Waals surface area contributed by atoms with E-state index in [0.29, 0.717) is 22.4 Å². The molecule has 2 aromatic rings. The zero-order valence-corrected chi connectivity index (χ0v) is 16.0. The van der Waals surface area contributed by atoms with E-state index >= 15 is 0 Å². The molecule has 29 heavy (non-hydrogen) atoms. The Bertz CT molecular complexity index is 1080. The van der Waals surface area contributed by atoms with Gasteiger partial charge in [-0.15, -0.1) is 0 Å². The SMILES string of the molecule is COc1ccc(C(=O)C2=C(c3ccncc3)C3(C=CC(=O)C=C3)N(C)C2=O)cc1. The number of benzene rings is 1. The zero-order chi connectivity index (χ0) is 20.6. The molecule has 4 rings (SSSR count). The fraction of sp³-hybridized carbons (Fsp3) is 0.130. The molecule has 0 unspecified atom stereocenters. The summed E-state index contributed by atoms with van der Waals surface area (Å²) < 4.78 is 5.15. The second kappa shape index (κ2) is 6.98. The Morgan fingerprint density at radius 3 is 2.21 bits per heavy atom. The molecule has 0 atom stereocenters. The van der Waals surface area contributed by atoms with Crippen molar-refractivity contribution in [3.8, 4) is 5.75 Å². The van der Waals surface area contributed by atoms with E-state index in [4.69, 9.17) is 4.74 Å². The van der Waals surface area contributed by atoms with Gasteiger partial charge >= 0.3 is 0 Å². The first-order chi connectivity index (χ1) is 14.0. The van der Waals surface area contributed by atoms with Crippen LogP contribution in [0.3, 0.4) is 0 Å². The number of methoxy groups -OCH3 is 1. The fourth-order valence-electron chi connectivity index (χ4n) is 3.72. The number of likely N-dealkylation sites (N-methyl/N-ethyl adjacent to an activating group) is 1. The first-order valence-corrected chi connectivity index (χ1v) is 9.02. The predicted octanol–water partition coefficient (Wildman–Crippen LogP) is 2.63. The van der Waals surface area contributed by atoms with Crippen molar-refractivity contribution >= 4 is 23.0 Å². The standard InChI is InChI=1S/C23H18N2O4/c1-25-22(28)19(21(27)16-3-5-18(29-2)6-4-16)20(15-9-13-24-14-10-15)23(25)11-7-17(26)8-12-23/h3-14H,1-2H3. The summed E-state index contributed by atoms with van der Waals surface area (Å²) >= 11 is 0. The number of aromatic nitrogens is 1. The minimum atomic E-state index is -1.01. The number of hydrogen-bond acceptors (Lipinski definition) is 5. The van der Waals surface area contributed by atoms with Crippen LogP contribution in [0.5, 0.6) is 5.75 Å². The van der Waals surface area contributed by atoms with Crippen LogP contribution in [0.25, 0.3) is 5.57 Å². The normalized spacial score (nSPS) is 17.4. The number of carbonyl (C=O) groups is 3. The van der Waals surface area contributed by atoms with Gasteiger partial charge in [0.1, 0.15) is 11.3 Å². The molecule has 1 spiro atoms. The summed E-state index contributed by atoms with van der Waals surface area (Å²) in [4.78, 5) is 43.9. The highest BCUT2D eigenvalue weighted by atomic mass is 16.5. The first kappa shape index (κ1) is 18.6. The number of rotatable bonds is 4. The lowest BCUT2D eigenvalue weighted by Crippen LogP contribution is -2.43. The van der Waals surface area contributed by atoms with Gasteiger partial charge in [0.15, 0.2) is 11.6 Å². The van der Waals surface area contributed by atoms with Crippen molar-refractivity contribution in [1.29, 1.82) is 0 Å². The average Bonchev–Trinajstić information content (AvgIpc) is 2.98. The number of carbonyl (C=O) groups excluding carboxylic acids is 3. The van der Waals surface area contributed by atoms with E-state index in [1.807, 2.05) is 0 Å². The van der Waals surface area contributed by atoms with Gasteiger partial charge in [0, 0.05) is 30.6 Å². The Hall–Kier alpha value is -3.80. The fourth-order valence-corrected chi connectivity index (χ4v) is 3.72. The van der Waals surface area contributed by atoms with Gasteiger partial charge in [-0.3, -0.25) is 19.4 Å². The third kappa shape index (κ3) is 2.89. The Morgan fingerprint density at radius 1 is 1.00 bits per heavy atom. The number of ether oxygens (including phenoxy) is 1. The number of nitrogens with zero attached hydrogens (tertiary/aromatic N) is 2. The summed E-state index contributed by atoms with van der Waals surface area (Å²) in [6, 6.07) is 10.1. The molecule has 0 saturated heterocycles. The minimum absolute atomic E-state index is 0.0764. The van der Waals surface area contributed by atoms with Crippen LogP contribution in [0.4, 0.5) is 0 Å². The number of amides is 1. The van der Waals surface area contributed by atoms with E-state index in [9.17, 15) is 14.4 Å². The van der Waals surface area contributed by atoms with Gasteiger partial charge in [-0.25, -0.2) is 0 Å². The summed E-state index contributed by atoms with van der Waals surface area (Å²) in [5.41, 5.74) is 0.675. The van der Waals surface area contributed by atoms with Crippen LogP contribution in [0, 0.1) is 0 Å². The van der Waals surface area contributed by atoms with Crippen molar-refractivity contribution in [2.75, 3.05) is 14.2 Å². The van der Waals surface area contributed by atoms with Crippen molar-refractivity contribution in [3.63, 3.8) is 0 Å². The van der Waals surface area contributed by atoms with Crippen molar-refractivity contribution in [2.45, 2.75) is 5.54 Å². The molecule has 1 aromatic carbocycles. The van der Waals surface area contributed by atoms with E-state index in [0.717, 1.165) is 0 Å². The van der Waals surface area contributed by atoms with Gasteiger partial charge < -0.3 is 9.64 Å². The van der Waals surface area contributed by atoms with Crippen LogP contribution in [0.1, 0.15) is 15.9 Å². The van der Waals surface area contributed by atoms with Gasteiger partial charge in [0.2, 0.25) is 0 Å². The van der Waals surface area contributed by atoms with E-state index < -0.39 is 11.4 Å². The number of Topliss-reactive ketones (excluding diaryl/α,β-unsaturated/α-hetero) is 1. The Kier molecular flexibility index (Phi) is 4.47. The van der Waals surface area contributed by atoms with Gasteiger partial charge in [-0.1, -0.05) is 0 Å². The summed E-state index contributed by atoms with van der Waals surface area (Å²) in [5.74, 6) is -0.332. The zero-order valence-electron chi connectivity index (χ0n) is 16.0. The van der Waals surface area contributed by atoms with Gasteiger partial charge in [0.05, 0.1) is 12.7 Å². The maximum atomic E-state index is 13.4. The van der Waals surface area contributed by atoms with Crippen molar-refractivity contribution in [1.82, 2.24) is 9.88 Å². The smallest absolute Gasteiger partial charge is 0.259 e. The lowest BCUT2D eigenvalue weighted by Gasteiger charge is -2.34. The number of allylic oxidation sites excluding steroid dienone is 2. The van der Waals surface area contributed by atoms with Crippen LogP contribution >= 0.6 is 0 Å². The largest absolute Gasteiger partial charge is 0.497 e. The predicted molar refractivity (Wildman–Crippen MR) is 107 cm³/mol. The molecule has 0 fully saturated rings. The molecule has 1 aliphatic heterocycles. The van der Waals surface area contributed by atoms with Crippen molar-refractivity contribution in [3.05, 3.63) is 89.8 Å². The second-order valence-corrected chi connectivity index (χ2v) is 6.80. The maximum Gasteiger partial charge on any atom is 0.259 e. The summed E-state index contributed by atoms with van der Waals surface area (Å²) in [7, 11) is 3.17. The van der Waals surface area contributed by atoms with Crippen LogP contribution < -0.4 is 4.74 Å². The van der Waals surface area contributed by atoms with E-state index in [1.54, 1.807) is 75.1 Å². The average molecular weight is 386 g/mol. The third-order valence-corrected chi connectivity index (χ3v) is 5.28. The van der Waals surface area contributed by atoms with Crippen LogP contribution in [0.15, 0.2) is 78.7 Å². The molecule has 2 heterocycles. The van der Waals surface area contributed by atoms with Crippen LogP contribution in [-0.4, -0.2) is 47.1 Å². The molecule has 144 valence electrons. The number of pyridine rings is 1. The molecular formula is C23H18N2O4. The van der Waals surface area contributed by atoms with Gasteiger partial charge in [-0.05, 0) is 66.3 Å². The van der Waals surface area contributed by atoms with E-state index in [1.165, 1.54) is 17.1 Å². The van der Waals surface area contributed by atoms with Crippen molar-refractivity contribution < 1.29 is 19.1 Å². The Labute approximate surface area is 167 Å². The minimum Gasteiger partial charge on any atom is -0.497 e. The Balaban J connectivity index is 1.94. The van der Waals surface area contributed by atoms with Gasteiger partial charge in [-0.2, -0.15) is 0 Å². The topological polar surface area (TPSA) is 76.6 Å². The molecule has 1 aliphatic carbocycles. The number of ketones is 2. The second-order valence-electron chi connectivity index (χ2n) is 6.80. The lowest BCUT2D eigenvalue weighted by atomic mass is 9.80. The lowest BCUT2D eigenvalue weighted by molar-refractivity contribution is -0.126. The highest BCUT2D eigenvalue weighted by Crippen LogP contribution is 2.45. The highest BCUT2D eigenvalue weighted by molar-refractivity contribution is 6.33. The first-order valence-electron chi connectivity index (χ1n) is 9.02. The molecular weight excluding hydrogens is 368 g/mol. The molecule has 6 nitrogen and oxygen atoms in total. The third-order valence-electron chi connectivity index (χ3n) is 5.28. The quantitative estimate of drug-likeness (QED) is 0.596. The molecule has 6 heteroatoms. The highest BCUT2D eigenvalue weighted by Gasteiger charge is 2.50. The van der Waals surface area contributed by atoms with E-state index in [-0.39, 0.29) is 17.1 Å². The summed E-state index contributed by atoms with van der Waals surface area (Å²) in [6.07, 6.45) is 9.39. The molecule has 2 aliphatic rings. The number of hydrogen-bond donors (Lipinski definition) is 0. The molecule has 1 amide bonds. The molecule has 0 radical (unpaired) electrons. The molecule has 0 saturated carbocycles. The molecule has 0 N–H and O–H groups in total. The molecule has 0 bridgehead atoms. The van der Waals surface area contributed by atoms with Crippen LogP contribution in [-0.2, 0) is 9.59 Å². The monoisotopic (exact) mass is 386 g/mol. The molecule has 1 aromatic heterocycles. The summed E-state index contributed by atoms with van der Waals surface area (Å²) in [6.45, 7) is 0. The van der Waals surface area contributed by atoms with E-state index in [2.05, 4.69) is 4.98 Å². The van der Waals surface area contributed by atoms with Gasteiger partial charge in [0.25, 0.3) is 5.91 Å². The van der Waals surface area contributed by atoms with Crippen LogP contribution in [0.2, 0.25) is 0 Å². The summed E-state index contributed by atoms with van der Waals surface area (Å²) in [5, 5.41) is 0. The van der Waals surface area contributed by atoms with Crippen molar-refractivity contribution in [2.24, 2.45) is 0 Å². The Morgan fingerprint density at radius 2 is 1.62 bits per heavy atom.